The van der Waals surface area contributed by atoms with Crippen molar-refractivity contribution < 1.29 is 4.79 Å². The molecule has 2 aromatic heterocycles. The van der Waals surface area contributed by atoms with Crippen molar-refractivity contribution in [2.45, 2.75) is 19.8 Å². The number of hydrogen-bond donors (Lipinski definition) is 2. The van der Waals surface area contributed by atoms with E-state index in [0.717, 1.165) is 5.69 Å². The Balaban J connectivity index is 2.53. The molecule has 7 nitrogen and oxygen atoms in total. The summed E-state index contributed by atoms with van der Waals surface area (Å²) < 4.78 is 3.15. The standard InChI is InChI=1S/C11H16N6O/c1-6(2)9-8(12)11(16(3)15-9)17-5-7(4-14-17)10(13)18/h4-6H,12H2,1-3H3,(H2,13,18). The predicted octanol–water partition coefficient (Wildman–Crippen LogP) is 0.410. The molecule has 0 saturated carbocycles. The molecule has 2 heterocycles. The van der Waals surface area contributed by atoms with E-state index in [1.165, 1.54) is 10.9 Å². The lowest BCUT2D eigenvalue weighted by molar-refractivity contribution is 0.100. The second-order valence-corrected chi connectivity index (χ2v) is 4.44. The molecule has 4 N–H and O–H groups in total. The van der Waals surface area contributed by atoms with Crippen molar-refractivity contribution in [1.29, 1.82) is 0 Å². The van der Waals surface area contributed by atoms with Crippen molar-refractivity contribution in [2.75, 3.05) is 5.73 Å². The lowest BCUT2D eigenvalue weighted by Crippen LogP contribution is -2.10. The van der Waals surface area contributed by atoms with Crippen molar-refractivity contribution in [3.8, 4) is 5.82 Å². The Morgan fingerprint density at radius 2 is 2.11 bits per heavy atom. The molecule has 0 unspecified atom stereocenters. The number of nitrogens with two attached hydrogens (primary N) is 2. The van der Waals surface area contributed by atoms with E-state index in [0.29, 0.717) is 17.1 Å². The van der Waals surface area contributed by atoms with Crippen molar-refractivity contribution >= 4 is 11.6 Å². The monoisotopic (exact) mass is 248 g/mol. The highest BCUT2D eigenvalue weighted by molar-refractivity contribution is 5.92. The first-order valence-corrected chi connectivity index (χ1v) is 5.59. The number of aromatic nitrogens is 4. The second kappa shape index (κ2) is 4.17. The third-order valence-electron chi connectivity index (χ3n) is 2.71. The van der Waals surface area contributed by atoms with E-state index in [4.69, 9.17) is 11.5 Å². The van der Waals surface area contributed by atoms with Gasteiger partial charge in [-0.25, -0.2) is 9.36 Å². The normalized spacial score (nSPS) is 11.1. The molecule has 0 bridgehead atoms. The van der Waals surface area contributed by atoms with Gasteiger partial charge < -0.3 is 11.5 Å². The van der Waals surface area contributed by atoms with Crippen molar-refractivity contribution in [2.24, 2.45) is 12.8 Å². The van der Waals surface area contributed by atoms with Gasteiger partial charge in [-0.2, -0.15) is 10.2 Å². The molecule has 0 radical (unpaired) electrons. The van der Waals surface area contributed by atoms with Gasteiger partial charge in [0.1, 0.15) is 5.69 Å². The summed E-state index contributed by atoms with van der Waals surface area (Å²) in [5, 5.41) is 8.43. The summed E-state index contributed by atoms with van der Waals surface area (Å²) in [4.78, 5) is 11.0. The summed E-state index contributed by atoms with van der Waals surface area (Å²) in [7, 11) is 1.78. The molecule has 18 heavy (non-hydrogen) atoms. The zero-order valence-corrected chi connectivity index (χ0v) is 10.6. The minimum atomic E-state index is -0.522. The molecule has 0 spiro atoms. The Hall–Kier alpha value is -2.31. The van der Waals surface area contributed by atoms with Gasteiger partial charge in [0.15, 0.2) is 5.82 Å². The van der Waals surface area contributed by atoms with E-state index in [1.807, 2.05) is 13.8 Å². The molecular formula is C11H16N6O. The van der Waals surface area contributed by atoms with Crippen LogP contribution in [0.3, 0.4) is 0 Å². The van der Waals surface area contributed by atoms with Gasteiger partial charge in [-0.15, -0.1) is 0 Å². The first kappa shape index (κ1) is 12.2. The van der Waals surface area contributed by atoms with Crippen LogP contribution in [0.4, 0.5) is 5.69 Å². The maximum Gasteiger partial charge on any atom is 0.251 e. The third-order valence-corrected chi connectivity index (χ3v) is 2.71. The summed E-state index contributed by atoms with van der Waals surface area (Å²) in [6, 6.07) is 0. The fraction of sp³-hybridized carbons (Fsp3) is 0.364. The van der Waals surface area contributed by atoms with Crippen LogP contribution in [0, 0.1) is 0 Å². The average molecular weight is 248 g/mol. The zero-order valence-electron chi connectivity index (χ0n) is 10.6. The lowest BCUT2D eigenvalue weighted by Gasteiger charge is -2.03. The minimum Gasteiger partial charge on any atom is -0.394 e. The Morgan fingerprint density at radius 1 is 1.44 bits per heavy atom. The fourth-order valence-electron chi connectivity index (χ4n) is 1.82. The van der Waals surface area contributed by atoms with E-state index < -0.39 is 5.91 Å². The summed E-state index contributed by atoms with van der Waals surface area (Å²) in [5.74, 6) is 0.327. The smallest absolute Gasteiger partial charge is 0.251 e. The van der Waals surface area contributed by atoms with Crippen molar-refractivity contribution in [3.05, 3.63) is 23.7 Å². The molecule has 7 heteroatoms. The van der Waals surface area contributed by atoms with E-state index in [2.05, 4.69) is 10.2 Å². The molecule has 0 atom stereocenters. The molecule has 0 aliphatic rings. The summed E-state index contributed by atoms with van der Waals surface area (Å²) in [6.45, 7) is 4.03. The number of primary amides is 1. The Kier molecular flexibility index (Phi) is 2.82. The average Bonchev–Trinajstić information content (AvgIpc) is 2.83. The van der Waals surface area contributed by atoms with Crippen LogP contribution in [0.1, 0.15) is 35.8 Å². The summed E-state index contributed by atoms with van der Waals surface area (Å²) >= 11 is 0. The maximum atomic E-state index is 11.0. The number of carbonyl (C=O) groups is 1. The molecule has 2 rings (SSSR count). The number of rotatable bonds is 3. The molecule has 0 aromatic carbocycles. The molecule has 96 valence electrons. The second-order valence-electron chi connectivity index (χ2n) is 4.44. The number of hydrogen-bond acceptors (Lipinski definition) is 4. The number of aryl methyl sites for hydroxylation is 1. The Morgan fingerprint density at radius 3 is 2.56 bits per heavy atom. The lowest BCUT2D eigenvalue weighted by atomic mass is 10.1. The van der Waals surface area contributed by atoms with Crippen LogP contribution in [-0.4, -0.2) is 25.5 Å². The van der Waals surface area contributed by atoms with Gasteiger partial charge >= 0.3 is 0 Å². The topological polar surface area (TPSA) is 105 Å². The zero-order chi connectivity index (χ0) is 13.4. The number of nitrogens with zero attached hydrogens (tertiary/aromatic N) is 4. The van der Waals surface area contributed by atoms with Crippen LogP contribution in [0.15, 0.2) is 12.4 Å². The van der Waals surface area contributed by atoms with E-state index in [1.54, 1.807) is 17.9 Å². The highest BCUT2D eigenvalue weighted by Gasteiger charge is 2.18. The van der Waals surface area contributed by atoms with Crippen LogP contribution < -0.4 is 11.5 Å². The quantitative estimate of drug-likeness (QED) is 0.820. The van der Waals surface area contributed by atoms with E-state index >= 15 is 0 Å². The van der Waals surface area contributed by atoms with E-state index in [9.17, 15) is 4.79 Å². The fourth-order valence-corrected chi connectivity index (χ4v) is 1.82. The third kappa shape index (κ3) is 1.83. The first-order chi connectivity index (χ1) is 8.41. The first-order valence-electron chi connectivity index (χ1n) is 5.59. The minimum absolute atomic E-state index is 0.219. The van der Waals surface area contributed by atoms with Crippen molar-refractivity contribution in [3.63, 3.8) is 0 Å². The molecule has 2 aromatic rings. The van der Waals surface area contributed by atoms with Gasteiger partial charge in [0.25, 0.3) is 5.91 Å². The maximum absolute atomic E-state index is 11.0. The molecule has 0 aliphatic carbocycles. The SMILES string of the molecule is CC(C)c1nn(C)c(-n2cc(C(N)=O)cn2)c1N. The van der Waals surface area contributed by atoms with E-state index in [-0.39, 0.29) is 5.92 Å². The van der Waals surface area contributed by atoms with Gasteiger partial charge in [-0.1, -0.05) is 13.8 Å². The van der Waals surface area contributed by atoms with Gasteiger partial charge in [0.05, 0.1) is 17.5 Å². The largest absolute Gasteiger partial charge is 0.394 e. The highest BCUT2D eigenvalue weighted by atomic mass is 16.1. The van der Waals surface area contributed by atoms with Gasteiger partial charge in [0, 0.05) is 13.2 Å². The van der Waals surface area contributed by atoms with Gasteiger partial charge in [0.2, 0.25) is 0 Å². The van der Waals surface area contributed by atoms with Gasteiger partial charge in [-0.3, -0.25) is 4.79 Å². The number of amides is 1. The number of nitrogen functional groups attached to an aromatic ring is 1. The Bertz CT molecular complexity index is 595. The predicted molar refractivity (Wildman–Crippen MR) is 67.3 cm³/mol. The highest BCUT2D eigenvalue weighted by Crippen LogP contribution is 2.26. The molecule has 0 fully saturated rings. The molecule has 0 aliphatic heterocycles. The Labute approximate surface area is 104 Å². The van der Waals surface area contributed by atoms with Crippen LogP contribution in [0.25, 0.3) is 5.82 Å². The van der Waals surface area contributed by atoms with Crippen LogP contribution in [0.5, 0.6) is 0 Å². The molecule has 1 amide bonds. The molecule has 0 saturated heterocycles. The molecular weight excluding hydrogens is 232 g/mol. The van der Waals surface area contributed by atoms with Crippen LogP contribution in [0.2, 0.25) is 0 Å². The van der Waals surface area contributed by atoms with Crippen LogP contribution >= 0.6 is 0 Å². The number of anilines is 1. The van der Waals surface area contributed by atoms with Crippen LogP contribution in [-0.2, 0) is 7.05 Å². The number of carbonyl (C=O) groups excluding carboxylic acids is 1. The van der Waals surface area contributed by atoms with Crippen molar-refractivity contribution in [1.82, 2.24) is 19.6 Å². The van der Waals surface area contributed by atoms with Gasteiger partial charge in [-0.05, 0) is 5.92 Å². The summed E-state index contributed by atoms with van der Waals surface area (Å²) in [5.41, 5.74) is 13.0. The summed E-state index contributed by atoms with van der Waals surface area (Å²) in [6.07, 6.45) is 2.95.